The van der Waals surface area contributed by atoms with Crippen LogP contribution in [-0.2, 0) is 4.79 Å². The molecule has 0 radical (unpaired) electrons. The van der Waals surface area contributed by atoms with E-state index in [0.717, 1.165) is 12.0 Å². The Morgan fingerprint density at radius 2 is 2.40 bits per heavy atom. The maximum Gasteiger partial charge on any atom is 0.311 e. The molecule has 0 bridgehead atoms. The summed E-state index contributed by atoms with van der Waals surface area (Å²) in [5.74, 6) is -0.125. The number of aliphatic carboxylic acids is 1. The Bertz CT molecular complexity index is 565. The van der Waals surface area contributed by atoms with Gasteiger partial charge >= 0.3 is 5.97 Å². The van der Waals surface area contributed by atoms with Crippen LogP contribution in [0.2, 0.25) is 0 Å². The van der Waals surface area contributed by atoms with Crippen LogP contribution in [0.1, 0.15) is 37.3 Å². The van der Waals surface area contributed by atoms with Crippen molar-refractivity contribution >= 4 is 11.8 Å². The number of carboxylic acids is 1. The third-order valence-corrected chi connectivity index (χ3v) is 4.09. The quantitative estimate of drug-likeness (QED) is 0.911. The molecule has 106 valence electrons. The molecular weight excluding hydrogens is 254 g/mol. The predicted molar refractivity (Wildman–Crippen MR) is 75.5 cm³/mol. The highest BCUT2D eigenvalue weighted by Crippen LogP contribution is 2.38. The van der Waals surface area contributed by atoms with Crippen LogP contribution in [0.4, 0.5) is 5.82 Å². The van der Waals surface area contributed by atoms with Gasteiger partial charge in [0.2, 0.25) is 0 Å². The average molecular weight is 273 g/mol. The summed E-state index contributed by atoms with van der Waals surface area (Å²) in [4.78, 5) is 17.8. The number of anilines is 1. The van der Waals surface area contributed by atoms with E-state index in [1.807, 2.05) is 18.7 Å². The van der Waals surface area contributed by atoms with E-state index in [9.17, 15) is 15.2 Å². The van der Waals surface area contributed by atoms with Crippen LogP contribution in [-0.4, -0.2) is 29.1 Å². The zero-order valence-electron chi connectivity index (χ0n) is 11.9. The first kappa shape index (κ1) is 14.3. The first-order valence-electron chi connectivity index (χ1n) is 6.88. The minimum atomic E-state index is -0.743. The second kappa shape index (κ2) is 5.49. The van der Waals surface area contributed by atoms with Crippen LogP contribution < -0.4 is 4.90 Å². The number of rotatable bonds is 4. The molecule has 0 amide bonds. The number of aryl methyl sites for hydroxylation is 1. The van der Waals surface area contributed by atoms with Gasteiger partial charge in [-0.05, 0) is 31.4 Å². The number of hydrogen-bond donors (Lipinski definition) is 1. The Morgan fingerprint density at radius 1 is 1.65 bits per heavy atom. The molecule has 2 rings (SSSR count). The van der Waals surface area contributed by atoms with Crippen molar-refractivity contribution in [2.24, 2.45) is 5.41 Å². The number of pyridine rings is 1. The Balaban J connectivity index is 2.32. The SMILES string of the molecule is CCCC1(C(=O)O)CCN(c2nccc(C)c2C#N)C1. The van der Waals surface area contributed by atoms with Crippen LogP contribution in [0.15, 0.2) is 12.3 Å². The molecule has 1 N–H and O–H groups in total. The van der Waals surface area contributed by atoms with Gasteiger partial charge in [-0.25, -0.2) is 4.98 Å². The fraction of sp³-hybridized carbons (Fsp3) is 0.533. The highest BCUT2D eigenvalue weighted by atomic mass is 16.4. The molecule has 1 unspecified atom stereocenters. The number of hydrogen-bond acceptors (Lipinski definition) is 4. The smallest absolute Gasteiger partial charge is 0.311 e. The predicted octanol–water partition coefficient (Wildman–Crippen LogP) is 2.34. The molecule has 5 heteroatoms. The monoisotopic (exact) mass is 273 g/mol. The summed E-state index contributed by atoms with van der Waals surface area (Å²) in [6.07, 6.45) is 3.78. The Morgan fingerprint density at radius 3 is 3.00 bits per heavy atom. The van der Waals surface area contributed by atoms with Gasteiger partial charge < -0.3 is 10.0 Å². The van der Waals surface area contributed by atoms with E-state index in [2.05, 4.69) is 11.1 Å². The standard InChI is InChI=1S/C15H19N3O2/c1-3-5-15(14(19)20)6-8-18(10-15)13-12(9-16)11(2)4-7-17-13/h4,7H,3,5-6,8,10H2,1-2H3,(H,19,20). The fourth-order valence-electron chi connectivity index (χ4n) is 2.94. The number of nitriles is 1. The van der Waals surface area contributed by atoms with Gasteiger partial charge in [-0.3, -0.25) is 4.79 Å². The topological polar surface area (TPSA) is 77.2 Å². The Labute approximate surface area is 118 Å². The van der Waals surface area contributed by atoms with Crippen LogP contribution in [0.3, 0.4) is 0 Å². The summed E-state index contributed by atoms with van der Waals surface area (Å²) < 4.78 is 0. The lowest BCUT2D eigenvalue weighted by Gasteiger charge is -2.25. The van der Waals surface area contributed by atoms with E-state index in [0.29, 0.717) is 37.3 Å². The zero-order valence-corrected chi connectivity index (χ0v) is 11.9. The van der Waals surface area contributed by atoms with Gasteiger partial charge in [0.25, 0.3) is 0 Å². The normalized spacial score (nSPS) is 21.8. The van der Waals surface area contributed by atoms with E-state index in [1.165, 1.54) is 0 Å². The minimum Gasteiger partial charge on any atom is -0.481 e. The van der Waals surface area contributed by atoms with Crippen molar-refractivity contribution in [3.05, 3.63) is 23.4 Å². The van der Waals surface area contributed by atoms with Gasteiger partial charge in [0, 0.05) is 19.3 Å². The lowest BCUT2D eigenvalue weighted by Crippen LogP contribution is -2.35. The van der Waals surface area contributed by atoms with Crippen LogP contribution >= 0.6 is 0 Å². The largest absolute Gasteiger partial charge is 0.481 e. The summed E-state index contributed by atoms with van der Waals surface area (Å²) in [5.41, 5.74) is 0.721. The number of aromatic nitrogens is 1. The summed E-state index contributed by atoms with van der Waals surface area (Å²) in [7, 11) is 0. The zero-order chi connectivity index (χ0) is 14.8. The van der Waals surface area contributed by atoms with Crippen molar-refractivity contribution in [2.75, 3.05) is 18.0 Å². The maximum atomic E-state index is 11.6. The molecule has 0 saturated carbocycles. The van der Waals surface area contributed by atoms with Gasteiger partial charge in [-0.2, -0.15) is 5.26 Å². The number of nitrogens with zero attached hydrogens (tertiary/aromatic N) is 3. The van der Waals surface area contributed by atoms with Gasteiger partial charge in [-0.1, -0.05) is 13.3 Å². The number of carboxylic acid groups (broad SMARTS) is 1. The van der Waals surface area contributed by atoms with Crippen molar-refractivity contribution in [3.8, 4) is 6.07 Å². The first-order chi connectivity index (χ1) is 9.54. The van der Waals surface area contributed by atoms with E-state index < -0.39 is 11.4 Å². The maximum absolute atomic E-state index is 11.6. The second-order valence-corrected chi connectivity index (χ2v) is 5.45. The average Bonchev–Trinajstić information content (AvgIpc) is 2.84. The molecule has 20 heavy (non-hydrogen) atoms. The molecule has 5 nitrogen and oxygen atoms in total. The first-order valence-corrected chi connectivity index (χ1v) is 6.88. The summed E-state index contributed by atoms with van der Waals surface area (Å²) >= 11 is 0. The minimum absolute atomic E-state index is 0.432. The highest BCUT2D eigenvalue weighted by molar-refractivity contribution is 5.77. The molecule has 0 aromatic carbocycles. The molecule has 0 aliphatic carbocycles. The van der Waals surface area contributed by atoms with E-state index in [1.54, 1.807) is 12.3 Å². The van der Waals surface area contributed by atoms with Gasteiger partial charge in [0.1, 0.15) is 11.9 Å². The lowest BCUT2D eigenvalue weighted by atomic mass is 9.83. The molecule has 1 aliphatic heterocycles. The summed E-state index contributed by atoms with van der Waals surface area (Å²) in [6, 6.07) is 3.98. The Kier molecular flexibility index (Phi) is 3.93. The molecule has 0 spiro atoms. The van der Waals surface area contributed by atoms with Gasteiger partial charge in [0.05, 0.1) is 11.0 Å². The van der Waals surface area contributed by atoms with Crippen molar-refractivity contribution in [1.82, 2.24) is 4.98 Å². The summed E-state index contributed by atoms with van der Waals surface area (Å²) in [6.45, 7) is 4.94. The molecule has 2 heterocycles. The van der Waals surface area contributed by atoms with Gasteiger partial charge in [0.15, 0.2) is 0 Å². The van der Waals surface area contributed by atoms with E-state index in [4.69, 9.17) is 0 Å². The molecule has 1 aromatic heterocycles. The fourth-order valence-corrected chi connectivity index (χ4v) is 2.94. The van der Waals surface area contributed by atoms with Crippen LogP contribution in [0.25, 0.3) is 0 Å². The van der Waals surface area contributed by atoms with Gasteiger partial charge in [-0.15, -0.1) is 0 Å². The van der Waals surface area contributed by atoms with Crippen LogP contribution in [0.5, 0.6) is 0 Å². The number of carbonyl (C=O) groups is 1. The van der Waals surface area contributed by atoms with E-state index >= 15 is 0 Å². The van der Waals surface area contributed by atoms with Crippen molar-refractivity contribution in [1.29, 1.82) is 5.26 Å². The Hall–Kier alpha value is -2.09. The molecule has 1 aromatic rings. The van der Waals surface area contributed by atoms with E-state index in [-0.39, 0.29) is 0 Å². The van der Waals surface area contributed by atoms with Crippen LogP contribution in [0, 0.1) is 23.7 Å². The highest BCUT2D eigenvalue weighted by Gasteiger charge is 2.44. The molecule has 1 fully saturated rings. The van der Waals surface area contributed by atoms with Crippen molar-refractivity contribution < 1.29 is 9.90 Å². The van der Waals surface area contributed by atoms with Crippen molar-refractivity contribution in [2.45, 2.75) is 33.1 Å². The molecule has 1 saturated heterocycles. The molecular formula is C15H19N3O2. The third kappa shape index (κ3) is 2.34. The summed E-state index contributed by atoms with van der Waals surface area (Å²) in [5, 5.41) is 18.8. The molecule has 1 atom stereocenters. The molecule has 1 aliphatic rings. The second-order valence-electron chi connectivity index (χ2n) is 5.45. The third-order valence-electron chi connectivity index (χ3n) is 4.09. The van der Waals surface area contributed by atoms with Crippen molar-refractivity contribution in [3.63, 3.8) is 0 Å². The lowest BCUT2D eigenvalue weighted by molar-refractivity contribution is -0.148.